The molecule has 4 heteroatoms. The molecule has 2 bridgehead atoms. The molecule has 2 saturated heterocycles. The molecule has 0 radical (unpaired) electrons. The normalized spacial score (nSPS) is 39.1. The van der Waals surface area contributed by atoms with Crippen LogP contribution in [-0.2, 0) is 19.0 Å². The zero-order chi connectivity index (χ0) is 10.8. The summed E-state index contributed by atoms with van der Waals surface area (Å²) in [5.74, 6) is 0.115. The third-order valence-corrected chi connectivity index (χ3v) is 3.20. The van der Waals surface area contributed by atoms with Crippen LogP contribution in [0.25, 0.3) is 0 Å². The summed E-state index contributed by atoms with van der Waals surface area (Å²) in [5, 5.41) is 0. The Hall–Kier alpha value is -0.610. The van der Waals surface area contributed by atoms with Crippen LogP contribution >= 0.6 is 0 Å². The molecule has 15 heavy (non-hydrogen) atoms. The topological polar surface area (TPSA) is 44.8 Å². The van der Waals surface area contributed by atoms with Gasteiger partial charge >= 0.3 is 5.97 Å². The molecule has 4 atom stereocenters. The van der Waals surface area contributed by atoms with Crippen LogP contribution in [0.2, 0.25) is 0 Å². The predicted octanol–water partition coefficient (Wildman–Crippen LogP) is 1.13. The van der Waals surface area contributed by atoms with Crippen molar-refractivity contribution in [2.24, 2.45) is 5.92 Å². The lowest BCUT2D eigenvalue weighted by atomic mass is 9.90. The van der Waals surface area contributed by atoms with Gasteiger partial charge in [-0.3, -0.25) is 4.79 Å². The zero-order valence-corrected chi connectivity index (χ0v) is 9.27. The minimum Gasteiger partial charge on any atom is -0.466 e. The summed E-state index contributed by atoms with van der Waals surface area (Å²) in [6, 6.07) is 0. The van der Waals surface area contributed by atoms with Crippen LogP contribution in [0.1, 0.15) is 26.7 Å². The van der Waals surface area contributed by atoms with Crippen LogP contribution in [0.4, 0.5) is 0 Å². The fourth-order valence-corrected chi connectivity index (χ4v) is 2.32. The van der Waals surface area contributed by atoms with E-state index in [1.54, 1.807) is 0 Å². The molecular formula is C11H18O4. The van der Waals surface area contributed by atoms with Crippen molar-refractivity contribution in [3.05, 3.63) is 0 Å². The van der Waals surface area contributed by atoms with Crippen molar-refractivity contribution < 1.29 is 19.0 Å². The first-order valence-corrected chi connectivity index (χ1v) is 5.63. The van der Waals surface area contributed by atoms with E-state index in [-0.39, 0.29) is 30.2 Å². The molecule has 2 aliphatic rings. The van der Waals surface area contributed by atoms with E-state index in [0.29, 0.717) is 19.6 Å². The predicted molar refractivity (Wildman–Crippen MR) is 53.4 cm³/mol. The van der Waals surface area contributed by atoms with Gasteiger partial charge in [-0.15, -0.1) is 0 Å². The number of hydrogen-bond donors (Lipinski definition) is 0. The summed E-state index contributed by atoms with van der Waals surface area (Å²) in [5.41, 5.74) is 0. The maximum Gasteiger partial charge on any atom is 0.308 e. The molecule has 86 valence electrons. The molecule has 2 aliphatic heterocycles. The van der Waals surface area contributed by atoms with Gasteiger partial charge in [0, 0.05) is 12.3 Å². The summed E-state index contributed by atoms with van der Waals surface area (Å²) >= 11 is 0. The molecule has 0 amide bonds. The highest BCUT2D eigenvalue weighted by Gasteiger charge is 2.42. The highest BCUT2D eigenvalue weighted by atomic mass is 16.6. The Labute approximate surface area is 89.9 Å². The van der Waals surface area contributed by atoms with Crippen LogP contribution in [-0.4, -0.2) is 37.5 Å². The van der Waals surface area contributed by atoms with Gasteiger partial charge in [0.2, 0.25) is 0 Å². The van der Waals surface area contributed by atoms with E-state index in [9.17, 15) is 4.79 Å². The Morgan fingerprint density at radius 3 is 3.07 bits per heavy atom. The average molecular weight is 214 g/mol. The molecule has 0 N–H and O–H groups in total. The molecule has 2 heterocycles. The van der Waals surface area contributed by atoms with Crippen molar-refractivity contribution >= 4 is 5.97 Å². The average Bonchev–Trinajstić information content (AvgIpc) is 2.59. The molecular weight excluding hydrogens is 196 g/mol. The van der Waals surface area contributed by atoms with Gasteiger partial charge in [0.25, 0.3) is 0 Å². The molecule has 4 nitrogen and oxygen atoms in total. The van der Waals surface area contributed by atoms with Gasteiger partial charge in [0.1, 0.15) is 0 Å². The van der Waals surface area contributed by atoms with Gasteiger partial charge in [0.05, 0.1) is 37.9 Å². The standard InChI is InChI=1S/C11H18O4/c1-3-13-11(12)5-10-7(2)9-4-8(15-10)6-14-9/h7-10H,3-6H2,1-2H3/t7-,8+,9+,10-/m1/s1. The Bertz CT molecular complexity index is 241. The number of hydrogen-bond acceptors (Lipinski definition) is 4. The smallest absolute Gasteiger partial charge is 0.308 e. The van der Waals surface area contributed by atoms with E-state index in [0.717, 1.165) is 6.42 Å². The third-order valence-electron chi connectivity index (χ3n) is 3.20. The molecule has 0 aliphatic carbocycles. The summed E-state index contributed by atoms with van der Waals surface area (Å²) < 4.78 is 16.3. The Kier molecular flexibility index (Phi) is 3.26. The quantitative estimate of drug-likeness (QED) is 0.661. The zero-order valence-electron chi connectivity index (χ0n) is 9.27. The fourth-order valence-electron chi connectivity index (χ4n) is 2.32. The Morgan fingerprint density at radius 1 is 1.53 bits per heavy atom. The van der Waals surface area contributed by atoms with Gasteiger partial charge in [-0.2, -0.15) is 0 Å². The molecule has 0 spiro atoms. The lowest BCUT2D eigenvalue weighted by Crippen LogP contribution is -2.39. The van der Waals surface area contributed by atoms with E-state index in [1.807, 2.05) is 6.92 Å². The van der Waals surface area contributed by atoms with Gasteiger partial charge in [0.15, 0.2) is 0 Å². The second-order valence-corrected chi connectivity index (χ2v) is 4.27. The van der Waals surface area contributed by atoms with E-state index in [2.05, 4.69) is 6.92 Å². The number of rotatable bonds is 3. The van der Waals surface area contributed by atoms with Crippen LogP contribution in [0.5, 0.6) is 0 Å². The van der Waals surface area contributed by atoms with Gasteiger partial charge in [-0.1, -0.05) is 6.92 Å². The van der Waals surface area contributed by atoms with Crippen LogP contribution in [0.3, 0.4) is 0 Å². The molecule has 2 fully saturated rings. The molecule has 0 aromatic heterocycles. The Balaban J connectivity index is 1.89. The van der Waals surface area contributed by atoms with E-state index in [4.69, 9.17) is 14.2 Å². The molecule has 0 unspecified atom stereocenters. The van der Waals surface area contributed by atoms with E-state index in [1.165, 1.54) is 0 Å². The number of esters is 1. The number of fused-ring (bicyclic) bond motifs is 2. The maximum atomic E-state index is 11.3. The van der Waals surface area contributed by atoms with Crippen molar-refractivity contribution in [2.45, 2.75) is 45.0 Å². The first-order valence-electron chi connectivity index (χ1n) is 5.63. The van der Waals surface area contributed by atoms with Crippen LogP contribution < -0.4 is 0 Å². The lowest BCUT2D eigenvalue weighted by molar-refractivity contribution is -0.150. The van der Waals surface area contributed by atoms with Crippen molar-refractivity contribution in [1.82, 2.24) is 0 Å². The van der Waals surface area contributed by atoms with Crippen molar-refractivity contribution in [3.8, 4) is 0 Å². The first-order chi connectivity index (χ1) is 7.20. The summed E-state index contributed by atoms with van der Waals surface area (Å²) in [6.45, 7) is 5.00. The number of ether oxygens (including phenoxy) is 3. The highest BCUT2D eigenvalue weighted by Crippen LogP contribution is 2.34. The van der Waals surface area contributed by atoms with Crippen molar-refractivity contribution in [1.29, 1.82) is 0 Å². The molecule has 0 aromatic rings. The second kappa shape index (κ2) is 4.49. The number of carbonyl (C=O) groups excluding carboxylic acids is 1. The molecule has 2 rings (SSSR count). The maximum absolute atomic E-state index is 11.3. The SMILES string of the molecule is CCOC(=O)C[C@H]1O[C@@H]2CO[C@@H](C2)[C@H]1C. The lowest BCUT2D eigenvalue weighted by Gasteiger charge is -2.32. The van der Waals surface area contributed by atoms with E-state index < -0.39 is 0 Å². The Morgan fingerprint density at radius 2 is 2.33 bits per heavy atom. The summed E-state index contributed by atoms with van der Waals surface area (Å²) in [6.07, 6.45) is 1.75. The second-order valence-electron chi connectivity index (χ2n) is 4.27. The summed E-state index contributed by atoms with van der Waals surface area (Å²) in [4.78, 5) is 11.3. The van der Waals surface area contributed by atoms with Gasteiger partial charge in [-0.05, 0) is 6.92 Å². The van der Waals surface area contributed by atoms with Crippen LogP contribution in [0, 0.1) is 5.92 Å². The first kappa shape index (κ1) is 10.9. The molecule has 0 aromatic carbocycles. The summed E-state index contributed by atoms with van der Waals surface area (Å²) in [7, 11) is 0. The fraction of sp³-hybridized carbons (Fsp3) is 0.909. The van der Waals surface area contributed by atoms with Gasteiger partial charge in [-0.25, -0.2) is 0 Å². The third kappa shape index (κ3) is 2.32. The largest absolute Gasteiger partial charge is 0.466 e. The monoisotopic (exact) mass is 214 g/mol. The van der Waals surface area contributed by atoms with E-state index >= 15 is 0 Å². The van der Waals surface area contributed by atoms with Crippen LogP contribution in [0.15, 0.2) is 0 Å². The number of carbonyl (C=O) groups is 1. The minimum atomic E-state index is -0.171. The van der Waals surface area contributed by atoms with Gasteiger partial charge < -0.3 is 14.2 Å². The molecule has 0 saturated carbocycles. The van der Waals surface area contributed by atoms with Crippen molar-refractivity contribution in [3.63, 3.8) is 0 Å². The van der Waals surface area contributed by atoms with Crippen molar-refractivity contribution in [2.75, 3.05) is 13.2 Å². The minimum absolute atomic E-state index is 0.0321. The highest BCUT2D eigenvalue weighted by molar-refractivity contribution is 5.70.